The number of nitrogens with one attached hydrogen (secondary N) is 1. The van der Waals surface area contributed by atoms with E-state index in [2.05, 4.69) is 26.8 Å². The fraction of sp³-hybridized carbons (Fsp3) is 0.143. The van der Waals surface area contributed by atoms with E-state index in [0.717, 1.165) is 12.1 Å². The van der Waals surface area contributed by atoms with Crippen LogP contribution in [0.4, 0.5) is 8.78 Å². The van der Waals surface area contributed by atoms with Crippen molar-refractivity contribution in [2.24, 2.45) is 0 Å². The summed E-state index contributed by atoms with van der Waals surface area (Å²) in [6, 6.07) is 4.41. The van der Waals surface area contributed by atoms with Crippen LogP contribution in [0.1, 0.15) is 10.6 Å². The number of halogens is 2. The van der Waals surface area contributed by atoms with E-state index in [1.165, 1.54) is 18.3 Å². The van der Waals surface area contributed by atoms with E-state index in [1.54, 1.807) is 0 Å². The molecule has 0 atom stereocenters. The number of nitrogens with zero attached hydrogens (tertiary/aromatic N) is 1. The zero-order chi connectivity index (χ0) is 15.1. The van der Waals surface area contributed by atoms with Crippen LogP contribution >= 0.6 is 0 Å². The van der Waals surface area contributed by atoms with E-state index in [0.29, 0.717) is 0 Å². The minimum atomic E-state index is -0.796. The van der Waals surface area contributed by atoms with E-state index >= 15 is 0 Å². The van der Waals surface area contributed by atoms with Gasteiger partial charge in [0, 0.05) is 12.1 Å². The Morgan fingerprint density at radius 1 is 1.33 bits per heavy atom. The third-order valence-corrected chi connectivity index (χ3v) is 2.32. The molecule has 21 heavy (non-hydrogen) atoms. The standard InChI is InChI=1S/C14H10F2N2O3/c15-10-3-4-12(11(16)9-10)20-8-2-1-6-17-14(19)13-5-7-18-21-13/h3-5,7,9H,6,8H2,(H,17,19). The zero-order valence-corrected chi connectivity index (χ0v) is 10.7. The highest BCUT2D eigenvalue weighted by molar-refractivity contribution is 5.91. The van der Waals surface area contributed by atoms with Crippen LogP contribution in [0.25, 0.3) is 0 Å². The Kier molecular flexibility index (Phi) is 4.88. The highest BCUT2D eigenvalue weighted by atomic mass is 19.1. The minimum Gasteiger partial charge on any atom is -0.478 e. The van der Waals surface area contributed by atoms with Crippen molar-refractivity contribution >= 4 is 5.91 Å². The smallest absolute Gasteiger partial charge is 0.290 e. The maximum atomic E-state index is 13.2. The first-order valence-corrected chi connectivity index (χ1v) is 5.89. The summed E-state index contributed by atoms with van der Waals surface area (Å²) >= 11 is 0. The molecule has 0 saturated carbocycles. The molecule has 5 nitrogen and oxygen atoms in total. The Morgan fingerprint density at radius 3 is 2.90 bits per heavy atom. The molecule has 0 saturated heterocycles. The number of amides is 1. The molecular weight excluding hydrogens is 282 g/mol. The zero-order valence-electron chi connectivity index (χ0n) is 10.7. The lowest BCUT2D eigenvalue weighted by atomic mass is 10.3. The fourth-order valence-corrected chi connectivity index (χ4v) is 1.36. The lowest BCUT2D eigenvalue weighted by Gasteiger charge is -2.02. The van der Waals surface area contributed by atoms with Crippen molar-refractivity contribution in [2.45, 2.75) is 0 Å². The molecule has 0 radical (unpaired) electrons. The summed E-state index contributed by atoms with van der Waals surface area (Å²) in [6.07, 6.45) is 1.35. The molecule has 7 heteroatoms. The van der Waals surface area contributed by atoms with Crippen LogP contribution in [0, 0.1) is 23.5 Å². The Bertz CT molecular complexity index is 675. The number of carbonyl (C=O) groups is 1. The van der Waals surface area contributed by atoms with Crippen LogP contribution < -0.4 is 10.1 Å². The van der Waals surface area contributed by atoms with E-state index in [1.807, 2.05) is 0 Å². The molecule has 0 bridgehead atoms. The molecule has 0 unspecified atom stereocenters. The summed E-state index contributed by atoms with van der Waals surface area (Å²) in [5.74, 6) is 3.28. The first-order chi connectivity index (χ1) is 10.2. The van der Waals surface area contributed by atoms with Crippen molar-refractivity contribution in [3.05, 3.63) is 47.9 Å². The molecule has 1 amide bonds. The van der Waals surface area contributed by atoms with Gasteiger partial charge in [0.2, 0.25) is 5.76 Å². The van der Waals surface area contributed by atoms with Gasteiger partial charge in [-0.3, -0.25) is 4.79 Å². The summed E-state index contributed by atoms with van der Waals surface area (Å²) < 4.78 is 35.5. The highest BCUT2D eigenvalue weighted by Gasteiger charge is 2.07. The molecule has 2 rings (SSSR count). The second-order valence-electron chi connectivity index (χ2n) is 3.78. The van der Waals surface area contributed by atoms with Gasteiger partial charge in [-0.05, 0) is 12.1 Å². The molecule has 0 aliphatic rings. The average Bonchev–Trinajstić information content (AvgIpc) is 2.98. The summed E-state index contributed by atoms with van der Waals surface area (Å²) in [6.45, 7) is -0.00444. The molecule has 1 N–H and O–H groups in total. The number of hydrogen-bond acceptors (Lipinski definition) is 4. The summed E-state index contributed by atoms with van der Waals surface area (Å²) in [7, 11) is 0. The second-order valence-corrected chi connectivity index (χ2v) is 3.78. The van der Waals surface area contributed by atoms with E-state index < -0.39 is 17.5 Å². The quantitative estimate of drug-likeness (QED) is 0.872. The van der Waals surface area contributed by atoms with Crippen molar-refractivity contribution in [1.29, 1.82) is 0 Å². The first-order valence-electron chi connectivity index (χ1n) is 5.89. The molecule has 2 aromatic rings. The molecule has 0 spiro atoms. The molecular formula is C14H10F2N2O3. The van der Waals surface area contributed by atoms with Gasteiger partial charge in [0.1, 0.15) is 12.4 Å². The third kappa shape index (κ3) is 4.31. The number of benzene rings is 1. The average molecular weight is 292 g/mol. The van der Waals surface area contributed by atoms with Crippen LogP contribution in [-0.4, -0.2) is 24.2 Å². The second kappa shape index (κ2) is 7.05. The molecule has 0 aliphatic heterocycles. The van der Waals surface area contributed by atoms with E-state index in [-0.39, 0.29) is 24.7 Å². The summed E-state index contributed by atoms with van der Waals surface area (Å²) in [4.78, 5) is 11.4. The van der Waals surface area contributed by atoms with Gasteiger partial charge in [-0.25, -0.2) is 8.78 Å². The molecule has 1 aromatic carbocycles. The molecule has 0 aliphatic carbocycles. The third-order valence-electron chi connectivity index (χ3n) is 2.32. The lowest BCUT2D eigenvalue weighted by Crippen LogP contribution is -2.23. The number of aromatic nitrogens is 1. The Hall–Kier alpha value is -2.88. The predicted octanol–water partition coefficient (Wildman–Crippen LogP) is 1.77. The van der Waals surface area contributed by atoms with Crippen molar-refractivity contribution in [2.75, 3.05) is 13.2 Å². The Labute approximate surface area is 118 Å². The van der Waals surface area contributed by atoms with Gasteiger partial charge in [0.25, 0.3) is 5.91 Å². The van der Waals surface area contributed by atoms with Gasteiger partial charge >= 0.3 is 0 Å². The van der Waals surface area contributed by atoms with Crippen LogP contribution in [0.15, 0.2) is 35.0 Å². The lowest BCUT2D eigenvalue weighted by molar-refractivity contribution is 0.0922. The first kappa shape index (κ1) is 14.5. The summed E-state index contributed by atoms with van der Waals surface area (Å²) in [5, 5.41) is 5.87. The minimum absolute atomic E-state index is 0.0782. The molecule has 1 heterocycles. The topological polar surface area (TPSA) is 64.4 Å². The van der Waals surface area contributed by atoms with Gasteiger partial charge in [-0.2, -0.15) is 0 Å². The van der Waals surface area contributed by atoms with E-state index in [4.69, 9.17) is 4.74 Å². The normalized spacial score (nSPS) is 9.62. The monoisotopic (exact) mass is 292 g/mol. The SMILES string of the molecule is O=C(NCC#CCOc1ccc(F)cc1F)c1ccno1. The number of rotatable bonds is 4. The van der Waals surface area contributed by atoms with E-state index in [9.17, 15) is 13.6 Å². The molecule has 0 fully saturated rings. The van der Waals surface area contributed by atoms with Crippen LogP contribution in [0.2, 0.25) is 0 Å². The Balaban J connectivity index is 1.73. The number of ether oxygens (including phenoxy) is 1. The predicted molar refractivity (Wildman–Crippen MR) is 68.5 cm³/mol. The fourth-order valence-electron chi connectivity index (χ4n) is 1.36. The van der Waals surface area contributed by atoms with Gasteiger partial charge in [-0.1, -0.05) is 17.0 Å². The largest absolute Gasteiger partial charge is 0.478 e. The Morgan fingerprint density at radius 2 is 2.19 bits per heavy atom. The summed E-state index contributed by atoms with van der Waals surface area (Å²) in [5.41, 5.74) is 0. The maximum Gasteiger partial charge on any atom is 0.290 e. The van der Waals surface area contributed by atoms with Gasteiger partial charge in [0.15, 0.2) is 11.6 Å². The van der Waals surface area contributed by atoms with Crippen LogP contribution in [0.5, 0.6) is 5.75 Å². The van der Waals surface area contributed by atoms with Gasteiger partial charge < -0.3 is 14.6 Å². The maximum absolute atomic E-state index is 13.2. The highest BCUT2D eigenvalue weighted by Crippen LogP contribution is 2.17. The van der Waals surface area contributed by atoms with Crippen molar-refractivity contribution in [3.8, 4) is 17.6 Å². The van der Waals surface area contributed by atoms with Crippen LogP contribution in [-0.2, 0) is 0 Å². The van der Waals surface area contributed by atoms with Crippen molar-refractivity contribution < 1.29 is 22.8 Å². The molecule has 1 aromatic heterocycles. The number of carbonyl (C=O) groups excluding carboxylic acids is 1. The number of hydrogen-bond donors (Lipinski definition) is 1. The van der Waals surface area contributed by atoms with Crippen molar-refractivity contribution in [3.63, 3.8) is 0 Å². The van der Waals surface area contributed by atoms with Crippen LogP contribution in [0.3, 0.4) is 0 Å². The van der Waals surface area contributed by atoms with Gasteiger partial charge in [-0.15, -0.1) is 0 Å². The van der Waals surface area contributed by atoms with Crippen molar-refractivity contribution in [1.82, 2.24) is 10.5 Å². The van der Waals surface area contributed by atoms with Gasteiger partial charge in [0.05, 0.1) is 12.7 Å². The molecule has 108 valence electrons.